The van der Waals surface area contributed by atoms with Crippen LogP contribution in [-0.2, 0) is 9.53 Å². The third-order valence-corrected chi connectivity index (χ3v) is 5.04. The summed E-state index contributed by atoms with van der Waals surface area (Å²) in [5, 5.41) is 4.13. The van der Waals surface area contributed by atoms with Gasteiger partial charge in [0.2, 0.25) is 0 Å². The Labute approximate surface area is 157 Å². The first-order valence-corrected chi connectivity index (χ1v) is 9.05. The van der Waals surface area contributed by atoms with Gasteiger partial charge in [-0.1, -0.05) is 41.4 Å². The number of anilines is 1. The molecule has 2 N–H and O–H groups in total. The molecular formula is C19H21Cl2N2O2+. The molecular weight excluding hydrogens is 359 g/mol. The number of amides is 1. The highest BCUT2D eigenvalue weighted by Crippen LogP contribution is 2.26. The second kappa shape index (κ2) is 8.19. The van der Waals surface area contributed by atoms with Crippen LogP contribution in [0.5, 0.6) is 0 Å². The number of benzene rings is 2. The standard InChI is InChI=1S/C19H20Cl2N2O2/c1-13-4-2-3-5-17(13)22-19(24)18(23-8-10-25-11-9-23)15-7-6-14(20)12-16(15)21/h2-7,12,18H,8-11H2,1H3,(H,22,24)/p+1/t18-/m0/s1. The van der Waals surface area contributed by atoms with Gasteiger partial charge in [0.05, 0.1) is 18.2 Å². The van der Waals surface area contributed by atoms with Gasteiger partial charge in [0.25, 0.3) is 5.91 Å². The fraction of sp³-hybridized carbons (Fsp3) is 0.316. The SMILES string of the molecule is Cc1ccccc1NC(=O)[C@H](c1ccc(Cl)cc1Cl)[NH+]1CCOCC1. The molecule has 0 spiro atoms. The molecule has 4 nitrogen and oxygen atoms in total. The summed E-state index contributed by atoms with van der Waals surface area (Å²) < 4.78 is 5.45. The van der Waals surface area contributed by atoms with Gasteiger partial charge in [-0.15, -0.1) is 0 Å². The summed E-state index contributed by atoms with van der Waals surface area (Å²) in [7, 11) is 0. The molecule has 0 radical (unpaired) electrons. The monoisotopic (exact) mass is 379 g/mol. The number of carbonyl (C=O) groups is 1. The van der Waals surface area contributed by atoms with Crippen molar-refractivity contribution in [2.24, 2.45) is 0 Å². The number of para-hydroxylation sites is 1. The van der Waals surface area contributed by atoms with Crippen molar-refractivity contribution in [3.05, 3.63) is 63.6 Å². The van der Waals surface area contributed by atoms with Crippen molar-refractivity contribution >= 4 is 34.8 Å². The van der Waals surface area contributed by atoms with Gasteiger partial charge >= 0.3 is 0 Å². The number of morpholine rings is 1. The maximum Gasteiger partial charge on any atom is 0.287 e. The van der Waals surface area contributed by atoms with E-state index in [9.17, 15) is 4.79 Å². The fourth-order valence-corrected chi connectivity index (χ4v) is 3.64. The van der Waals surface area contributed by atoms with Crippen molar-refractivity contribution in [3.63, 3.8) is 0 Å². The van der Waals surface area contributed by atoms with E-state index in [-0.39, 0.29) is 5.91 Å². The van der Waals surface area contributed by atoms with E-state index < -0.39 is 6.04 Å². The van der Waals surface area contributed by atoms with Gasteiger partial charge in [-0.05, 0) is 36.8 Å². The maximum absolute atomic E-state index is 13.1. The van der Waals surface area contributed by atoms with Crippen LogP contribution >= 0.6 is 23.2 Å². The van der Waals surface area contributed by atoms with Crippen LogP contribution in [0, 0.1) is 6.92 Å². The molecule has 2 aromatic carbocycles. The summed E-state index contributed by atoms with van der Waals surface area (Å²) in [5.74, 6) is -0.0737. The molecule has 3 rings (SSSR count). The Bertz CT molecular complexity index is 761. The zero-order valence-corrected chi connectivity index (χ0v) is 15.5. The number of carbonyl (C=O) groups excluding carboxylic acids is 1. The van der Waals surface area contributed by atoms with E-state index in [4.69, 9.17) is 27.9 Å². The maximum atomic E-state index is 13.1. The lowest BCUT2D eigenvalue weighted by molar-refractivity contribution is -0.929. The van der Waals surface area contributed by atoms with Gasteiger partial charge in [0.1, 0.15) is 13.1 Å². The molecule has 1 aliphatic rings. The van der Waals surface area contributed by atoms with E-state index >= 15 is 0 Å². The number of aryl methyl sites for hydroxylation is 1. The van der Waals surface area contributed by atoms with Crippen LogP contribution in [0.25, 0.3) is 0 Å². The fourth-order valence-electron chi connectivity index (χ4n) is 3.12. The second-order valence-corrected chi connectivity index (χ2v) is 7.02. The first-order valence-electron chi connectivity index (χ1n) is 8.30. The molecule has 1 saturated heterocycles. The summed E-state index contributed by atoms with van der Waals surface area (Å²) in [6.45, 7) is 4.75. The summed E-state index contributed by atoms with van der Waals surface area (Å²) >= 11 is 12.4. The van der Waals surface area contributed by atoms with Gasteiger partial charge in [0.15, 0.2) is 6.04 Å². The van der Waals surface area contributed by atoms with Crippen LogP contribution in [-0.4, -0.2) is 32.2 Å². The van der Waals surface area contributed by atoms with Crippen LogP contribution in [0.4, 0.5) is 5.69 Å². The predicted octanol–water partition coefficient (Wildman–Crippen LogP) is 2.90. The predicted molar refractivity (Wildman–Crippen MR) is 101 cm³/mol. The summed E-state index contributed by atoms with van der Waals surface area (Å²) in [4.78, 5) is 14.3. The summed E-state index contributed by atoms with van der Waals surface area (Å²) in [6.07, 6.45) is 0. The Morgan fingerprint density at radius 3 is 2.56 bits per heavy atom. The van der Waals surface area contributed by atoms with Gasteiger partial charge in [-0.25, -0.2) is 0 Å². The van der Waals surface area contributed by atoms with Crippen LogP contribution < -0.4 is 10.2 Å². The lowest BCUT2D eigenvalue weighted by Gasteiger charge is -2.31. The smallest absolute Gasteiger partial charge is 0.287 e. The van der Waals surface area contributed by atoms with E-state index in [0.29, 0.717) is 23.3 Å². The Kier molecular flexibility index (Phi) is 5.97. The zero-order valence-electron chi connectivity index (χ0n) is 14.0. The van der Waals surface area contributed by atoms with Crippen LogP contribution in [0.3, 0.4) is 0 Å². The van der Waals surface area contributed by atoms with Crippen molar-refractivity contribution in [2.75, 3.05) is 31.6 Å². The minimum atomic E-state index is -0.409. The molecule has 25 heavy (non-hydrogen) atoms. The minimum absolute atomic E-state index is 0.0737. The van der Waals surface area contributed by atoms with E-state index in [1.807, 2.05) is 37.3 Å². The number of hydrogen-bond donors (Lipinski definition) is 2. The largest absolute Gasteiger partial charge is 0.370 e. The molecule has 6 heteroatoms. The van der Waals surface area contributed by atoms with Crippen molar-refractivity contribution < 1.29 is 14.4 Å². The average molecular weight is 380 g/mol. The number of nitrogens with one attached hydrogen (secondary N) is 2. The number of rotatable bonds is 4. The average Bonchev–Trinajstić information content (AvgIpc) is 2.60. The first-order chi connectivity index (χ1) is 12.1. The number of halogens is 2. The number of hydrogen-bond acceptors (Lipinski definition) is 2. The lowest BCUT2D eigenvalue weighted by Crippen LogP contribution is -3.15. The molecule has 0 aromatic heterocycles. The summed E-state index contributed by atoms with van der Waals surface area (Å²) in [5.41, 5.74) is 2.62. The van der Waals surface area contributed by atoms with Gasteiger partial charge in [-0.2, -0.15) is 0 Å². The highest BCUT2D eigenvalue weighted by Gasteiger charge is 2.34. The van der Waals surface area contributed by atoms with Gasteiger partial charge in [0, 0.05) is 16.3 Å². The van der Waals surface area contributed by atoms with Gasteiger partial charge < -0.3 is 15.0 Å². The van der Waals surface area contributed by atoms with Crippen molar-refractivity contribution in [3.8, 4) is 0 Å². The number of ether oxygens (including phenoxy) is 1. The Balaban J connectivity index is 1.92. The third-order valence-electron chi connectivity index (χ3n) is 4.48. The molecule has 0 aliphatic carbocycles. The van der Waals surface area contributed by atoms with E-state index in [1.54, 1.807) is 12.1 Å². The van der Waals surface area contributed by atoms with E-state index in [2.05, 4.69) is 5.32 Å². The Hall–Kier alpha value is -1.59. The highest BCUT2D eigenvalue weighted by atomic mass is 35.5. The highest BCUT2D eigenvalue weighted by molar-refractivity contribution is 6.35. The molecule has 0 saturated carbocycles. The van der Waals surface area contributed by atoms with Crippen LogP contribution in [0.15, 0.2) is 42.5 Å². The third kappa shape index (κ3) is 4.33. The van der Waals surface area contributed by atoms with Crippen molar-refractivity contribution in [1.29, 1.82) is 0 Å². The van der Waals surface area contributed by atoms with Crippen LogP contribution in [0.2, 0.25) is 10.0 Å². The zero-order chi connectivity index (χ0) is 17.8. The quantitative estimate of drug-likeness (QED) is 0.857. The molecule has 1 aliphatic heterocycles. The normalized spacial score (nSPS) is 16.4. The molecule has 1 atom stereocenters. The Morgan fingerprint density at radius 1 is 1.16 bits per heavy atom. The minimum Gasteiger partial charge on any atom is -0.370 e. The van der Waals surface area contributed by atoms with E-state index in [0.717, 1.165) is 34.8 Å². The topological polar surface area (TPSA) is 42.8 Å². The van der Waals surface area contributed by atoms with Crippen LogP contribution in [0.1, 0.15) is 17.2 Å². The van der Waals surface area contributed by atoms with E-state index in [1.165, 1.54) is 0 Å². The number of quaternary nitrogens is 1. The molecule has 2 aromatic rings. The summed E-state index contributed by atoms with van der Waals surface area (Å²) in [6, 6.07) is 12.6. The molecule has 0 unspecified atom stereocenters. The van der Waals surface area contributed by atoms with Gasteiger partial charge in [-0.3, -0.25) is 4.79 Å². The molecule has 1 fully saturated rings. The second-order valence-electron chi connectivity index (χ2n) is 6.17. The molecule has 132 valence electrons. The molecule has 1 heterocycles. The molecule has 1 amide bonds. The van der Waals surface area contributed by atoms with Crippen molar-refractivity contribution in [2.45, 2.75) is 13.0 Å². The first kappa shape index (κ1) is 18.2. The van der Waals surface area contributed by atoms with Crippen molar-refractivity contribution in [1.82, 2.24) is 0 Å². The molecule has 0 bridgehead atoms. The lowest BCUT2D eigenvalue weighted by atomic mass is 10.0. The Morgan fingerprint density at radius 2 is 1.88 bits per heavy atom.